The standard InChI is InChI=1S/C24H25N3O3/c28-22(10-11-24(29)27-13-12-19-8-4-5-9-20(19)16-27)25-15-23-26-21(17-30-23)14-18-6-2-1-3-7-18/h1-9,17H,10-16H2,(H,25,28). The molecule has 0 aliphatic carbocycles. The van der Waals surface area contributed by atoms with Crippen molar-refractivity contribution in [3.8, 4) is 0 Å². The summed E-state index contributed by atoms with van der Waals surface area (Å²) in [6, 6.07) is 18.2. The van der Waals surface area contributed by atoms with Crippen molar-refractivity contribution in [2.24, 2.45) is 0 Å². The first-order valence-corrected chi connectivity index (χ1v) is 10.3. The molecule has 6 nitrogen and oxygen atoms in total. The topological polar surface area (TPSA) is 75.4 Å². The first-order chi connectivity index (χ1) is 14.7. The Labute approximate surface area is 175 Å². The number of carbonyl (C=O) groups excluding carboxylic acids is 2. The summed E-state index contributed by atoms with van der Waals surface area (Å²) in [5.74, 6) is 0.303. The third-order valence-electron chi connectivity index (χ3n) is 5.31. The smallest absolute Gasteiger partial charge is 0.223 e. The molecule has 2 heterocycles. The van der Waals surface area contributed by atoms with Crippen molar-refractivity contribution in [2.45, 2.75) is 38.8 Å². The average molecular weight is 403 g/mol. The van der Waals surface area contributed by atoms with E-state index >= 15 is 0 Å². The maximum absolute atomic E-state index is 12.5. The fourth-order valence-corrected chi connectivity index (χ4v) is 3.67. The van der Waals surface area contributed by atoms with E-state index in [1.54, 1.807) is 6.26 Å². The van der Waals surface area contributed by atoms with Gasteiger partial charge in [0.15, 0.2) is 0 Å². The molecule has 0 unspecified atom stereocenters. The van der Waals surface area contributed by atoms with Gasteiger partial charge in [-0.2, -0.15) is 0 Å². The normalized spacial score (nSPS) is 13.0. The highest BCUT2D eigenvalue weighted by Gasteiger charge is 2.20. The molecule has 1 aliphatic heterocycles. The predicted molar refractivity (Wildman–Crippen MR) is 112 cm³/mol. The van der Waals surface area contributed by atoms with Crippen LogP contribution in [0.1, 0.15) is 41.1 Å². The van der Waals surface area contributed by atoms with Gasteiger partial charge in [-0.05, 0) is 23.1 Å². The second-order valence-electron chi connectivity index (χ2n) is 7.51. The van der Waals surface area contributed by atoms with E-state index in [2.05, 4.69) is 22.4 Å². The van der Waals surface area contributed by atoms with E-state index in [4.69, 9.17) is 4.42 Å². The van der Waals surface area contributed by atoms with Crippen LogP contribution in [0.2, 0.25) is 0 Å². The van der Waals surface area contributed by atoms with Crippen LogP contribution in [-0.4, -0.2) is 28.2 Å². The van der Waals surface area contributed by atoms with Crippen LogP contribution in [0.3, 0.4) is 0 Å². The molecular weight excluding hydrogens is 378 g/mol. The van der Waals surface area contributed by atoms with Crippen molar-refractivity contribution >= 4 is 11.8 Å². The van der Waals surface area contributed by atoms with Gasteiger partial charge in [0, 0.05) is 32.4 Å². The van der Waals surface area contributed by atoms with Crippen molar-refractivity contribution < 1.29 is 14.0 Å². The monoisotopic (exact) mass is 403 g/mol. The SMILES string of the molecule is O=C(CCC(=O)N1CCc2ccccc2C1)NCc1nc(Cc2ccccc2)co1. The molecule has 154 valence electrons. The lowest BCUT2D eigenvalue weighted by molar-refractivity contribution is -0.134. The van der Waals surface area contributed by atoms with Gasteiger partial charge in [0.2, 0.25) is 17.7 Å². The molecule has 4 rings (SSSR count). The summed E-state index contributed by atoms with van der Waals surface area (Å²) in [5.41, 5.74) is 4.47. The van der Waals surface area contributed by atoms with Gasteiger partial charge < -0.3 is 14.6 Å². The van der Waals surface area contributed by atoms with Gasteiger partial charge in [-0.25, -0.2) is 4.98 Å². The van der Waals surface area contributed by atoms with Crippen molar-refractivity contribution in [3.05, 3.63) is 89.1 Å². The third kappa shape index (κ3) is 5.14. The molecule has 6 heteroatoms. The molecular formula is C24H25N3O3. The Morgan fingerprint density at radius 1 is 1.00 bits per heavy atom. The summed E-state index contributed by atoms with van der Waals surface area (Å²) < 4.78 is 5.44. The largest absolute Gasteiger partial charge is 0.447 e. The second-order valence-corrected chi connectivity index (χ2v) is 7.51. The van der Waals surface area contributed by atoms with Gasteiger partial charge in [-0.1, -0.05) is 54.6 Å². The van der Waals surface area contributed by atoms with Gasteiger partial charge in [0.05, 0.1) is 12.2 Å². The Morgan fingerprint density at radius 2 is 1.77 bits per heavy atom. The maximum Gasteiger partial charge on any atom is 0.223 e. The minimum Gasteiger partial charge on any atom is -0.447 e. The van der Waals surface area contributed by atoms with E-state index in [0.717, 1.165) is 17.7 Å². The second kappa shape index (κ2) is 9.39. The van der Waals surface area contributed by atoms with Gasteiger partial charge >= 0.3 is 0 Å². The van der Waals surface area contributed by atoms with E-state index in [1.165, 1.54) is 11.1 Å². The summed E-state index contributed by atoms with van der Waals surface area (Å²) in [7, 11) is 0. The maximum atomic E-state index is 12.5. The molecule has 2 aromatic carbocycles. The summed E-state index contributed by atoms with van der Waals surface area (Å²) in [5, 5.41) is 2.78. The molecule has 0 radical (unpaired) electrons. The zero-order chi connectivity index (χ0) is 20.8. The highest BCUT2D eigenvalue weighted by molar-refractivity contribution is 5.83. The van der Waals surface area contributed by atoms with E-state index in [1.807, 2.05) is 47.4 Å². The van der Waals surface area contributed by atoms with E-state index < -0.39 is 0 Å². The molecule has 0 saturated carbocycles. The Bertz CT molecular complexity index is 1010. The number of carbonyl (C=O) groups is 2. The van der Waals surface area contributed by atoms with Crippen molar-refractivity contribution in [1.29, 1.82) is 0 Å². The van der Waals surface area contributed by atoms with Crippen LogP contribution < -0.4 is 5.32 Å². The highest BCUT2D eigenvalue weighted by Crippen LogP contribution is 2.19. The van der Waals surface area contributed by atoms with Crippen LogP contribution in [0.15, 0.2) is 65.3 Å². The fourth-order valence-electron chi connectivity index (χ4n) is 3.67. The van der Waals surface area contributed by atoms with Crippen molar-refractivity contribution in [1.82, 2.24) is 15.2 Å². The Morgan fingerprint density at radius 3 is 2.60 bits per heavy atom. The molecule has 1 N–H and O–H groups in total. The summed E-state index contributed by atoms with van der Waals surface area (Å²) in [6.45, 7) is 1.55. The molecule has 0 bridgehead atoms. The molecule has 0 saturated heterocycles. The summed E-state index contributed by atoms with van der Waals surface area (Å²) in [4.78, 5) is 30.9. The van der Waals surface area contributed by atoms with Crippen LogP contribution in [0, 0.1) is 0 Å². The molecule has 1 aliphatic rings. The lowest BCUT2D eigenvalue weighted by atomic mass is 9.99. The number of nitrogens with zero attached hydrogens (tertiary/aromatic N) is 2. The number of hydrogen-bond donors (Lipinski definition) is 1. The number of nitrogens with one attached hydrogen (secondary N) is 1. The van der Waals surface area contributed by atoms with E-state index in [0.29, 0.717) is 25.4 Å². The molecule has 1 aromatic heterocycles. The van der Waals surface area contributed by atoms with Gasteiger partial charge in [-0.15, -0.1) is 0 Å². The average Bonchev–Trinajstić information content (AvgIpc) is 3.23. The number of oxazole rings is 1. The van der Waals surface area contributed by atoms with E-state index in [-0.39, 0.29) is 31.2 Å². The molecule has 2 amide bonds. The highest BCUT2D eigenvalue weighted by atomic mass is 16.3. The number of amides is 2. The van der Waals surface area contributed by atoms with Gasteiger partial charge in [0.1, 0.15) is 6.26 Å². The number of fused-ring (bicyclic) bond motifs is 1. The van der Waals surface area contributed by atoms with Crippen LogP contribution in [-0.2, 0) is 35.5 Å². The minimum absolute atomic E-state index is 0.0147. The Balaban J connectivity index is 1.20. The number of benzene rings is 2. The van der Waals surface area contributed by atoms with Gasteiger partial charge in [0.25, 0.3) is 0 Å². The predicted octanol–water partition coefficient (Wildman–Crippen LogP) is 3.25. The van der Waals surface area contributed by atoms with Crippen molar-refractivity contribution in [3.63, 3.8) is 0 Å². The minimum atomic E-state index is -0.177. The third-order valence-corrected chi connectivity index (χ3v) is 5.31. The van der Waals surface area contributed by atoms with Crippen LogP contribution in [0.4, 0.5) is 0 Å². The summed E-state index contributed by atoms with van der Waals surface area (Å²) >= 11 is 0. The number of aromatic nitrogens is 1. The molecule has 0 spiro atoms. The molecule has 0 fully saturated rings. The number of hydrogen-bond acceptors (Lipinski definition) is 4. The first kappa shape index (κ1) is 19.9. The number of rotatable bonds is 7. The van der Waals surface area contributed by atoms with Crippen LogP contribution in [0.5, 0.6) is 0 Å². The van der Waals surface area contributed by atoms with Gasteiger partial charge in [-0.3, -0.25) is 9.59 Å². The quantitative estimate of drug-likeness (QED) is 0.657. The lowest BCUT2D eigenvalue weighted by Gasteiger charge is -2.28. The molecule has 0 atom stereocenters. The van der Waals surface area contributed by atoms with Crippen LogP contribution >= 0.6 is 0 Å². The van der Waals surface area contributed by atoms with Crippen molar-refractivity contribution in [2.75, 3.05) is 6.54 Å². The molecule has 30 heavy (non-hydrogen) atoms. The summed E-state index contributed by atoms with van der Waals surface area (Å²) in [6.07, 6.45) is 3.54. The first-order valence-electron chi connectivity index (χ1n) is 10.3. The zero-order valence-corrected chi connectivity index (χ0v) is 16.8. The zero-order valence-electron chi connectivity index (χ0n) is 16.8. The van der Waals surface area contributed by atoms with E-state index in [9.17, 15) is 9.59 Å². The van der Waals surface area contributed by atoms with Crippen LogP contribution in [0.25, 0.3) is 0 Å². The molecule has 3 aromatic rings. The lowest BCUT2D eigenvalue weighted by Crippen LogP contribution is -2.36. The Hall–Kier alpha value is -3.41. The Kier molecular flexibility index (Phi) is 6.23. The fraction of sp³-hybridized carbons (Fsp3) is 0.292.